The zero-order valence-corrected chi connectivity index (χ0v) is 11.8. The van der Waals surface area contributed by atoms with E-state index < -0.39 is 5.54 Å². The number of hydrogen-bond donors (Lipinski definition) is 1. The van der Waals surface area contributed by atoms with E-state index in [9.17, 15) is 4.79 Å². The molecule has 0 amide bonds. The zero-order chi connectivity index (χ0) is 14.2. The minimum Gasteiger partial charge on any atom is -0.320 e. The van der Waals surface area contributed by atoms with E-state index in [-0.39, 0.29) is 5.43 Å². The van der Waals surface area contributed by atoms with Crippen molar-refractivity contribution in [1.82, 2.24) is 9.78 Å². The van der Waals surface area contributed by atoms with Gasteiger partial charge in [0.2, 0.25) is 5.43 Å². The molecule has 0 aliphatic rings. The molecular weight excluding hydrogens is 238 g/mol. The average Bonchev–Trinajstić information content (AvgIpc) is 2.27. The molecule has 4 nitrogen and oxygen atoms in total. The first-order valence-corrected chi connectivity index (χ1v) is 6.26. The molecule has 1 aromatic heterocycles. The third kappa shape index (κ3) is 2.74. The highest BCUT2D eigenvalue weighted by atomic mass is 16.1. The van der Waals surface area contributed by atoms with Crippen LogP contribution in [0.4, 0.5) is 0 Å². The van der Waals surface area contributed by atoms with Crippen molar-refractivity contribution in [2.24, 2.45) is 5.73 Å². The Morgan fingerprint density at radius 2 is 1.89 bits per heavy atom. The minimum absolute atomic E-state index is 0.117. The molecule has 2 rings (SSSR count). The van der Waals surface area contributed by atoms with Gasteiger partial charge in [0.1, 0.15) is 5.69 Å². The Kier molecular flexibility index (Phi) is 3.28. The lowest BCUT2D eigenvalue weighted by molar-refractivity contribution is 0.510. The van der Waals surface area contributed by atoms with Crippen LogP contribution in [-0.4, -0.2) is 9.78 Å². The van der Waals surface area contributed by atoms with Gasteiger partial charge in [-0.05, 0) is 45.4 Å². The Balaban J connectivity index is 2.68. The maximum Gasteiger partial charge on any atom is 0.205 e. The predicted molar refractivity (Wildman–Crippen MR) is 76.5 cm³/mol. The summed E-state index contributed by atoms with van der Waals surface area (Å²) in [5.74, 6) is 0. The molecule has 0 radical (unpaired) electrons. The molecule has 0 spiro atoms. The summed E-state index contributed by atoms with van der Waals surface area (Å²) in [5, 5.41) is 4.43. The molecule has 0 unspecified atom stereocenters. The number of aryl methyl sites for hydroxylation is 2. The molecule has 2 N–H and O–H groups in total. The Hall–Kier alpha value is -1.94. The van der Waals surface area contributed by atoms with Crippen molar-refractivity contribution >= 4 is 0 Å². The van der Waals surface area contributed by atoms with Gasteiger partial charge < -0.3 is 5.73 Å². The highest BCUT2D eigenvalue weighted by Crippen LogP contribution is 2.14. The van der Waals surface area contributed by atoms with Crippen LogP contribution in [0, 0.1) is 13.8 Å². The second kappa shape index (κ2) is 4.63. The average molecular weight is 257 g/mol. The van der Waals surface area contributed by atoms with E-state index in [2.05, 4.69) is 5.10 Å². The smallest absolute Gasteiger partial charge is 0.205 e. The molecule has 2 aromatic rings. The van der Waals surface area contributed by atoms with Crippen LogP contribution in [0.5, 0.6) is 0 Å². The van der Waals surface area contributed by atoms with Crippen LogP contribution >= 0.6 is 0 Å². The van der Waals surface area contributed by atoms with Gasteiger partial charge in [0.25, 0.3) is 0 Å². The first-order chi connectivity index (χ1) is 8.79. The van der Waals surface area contributed by atoms with E-state index >= 15 is 0 Å². The van der Waals surface area contributed by atoms with Crippen molar-refractivity contribution in [3.63, 3.8) is 0 Å². The second-order valence-corrected chi connectivity index (χ2v) is 5.47. The molecule has 0 atom stereocenters. The number of rotatable bonds is 2. The molecule has 1 aromatic carbocycles. The maximum absolute atomic E-state index is 12.0. The summed E-state index contributed by atoms with van der Waals surface area (Å²) < 4.78 is 1.76. The van der Waals surface area contributed by atoms with Gasteiger partial charge in [-0.2, -0.15) is 5.10 Å². The zero-order valence-electron chi connectivity index (χ0n) is 11.8. The number of nitrogens with two attached hydrogens (primary N) is 1. The first kappa shape index (κ1) is 13.5. The largest absolute Gasteiger partial charge is 0.320 e. The summed E-state index contributed by atoms with van der Waals surface area (Å²) in [6.07, 6.45) is 0. The first-order valence-electron chi connectivity index (χ1n) is 6.26. The quantitative estimate of drug-likeness (QED) is 0.895. The summed E-state index contributed by atoms with van der Waals surface area (Å²) in [4.78, 5) is 12.0. The van der Waals surface area contributed by atoms with Crippen LogP contribution in [0.3, 0.4) is 0 Å². The number of aromatic nitrogens is 2. The molecule has 0 fully saturated rings. The number of benzene rings is 1. The molecule has 0 aliphatic carbocycles. The fourth-order valence-corrected chi connectivity index (χ4v) is 2.01. The van der Waals surface area contributed by atoms with Gasteiger partial charge in [-0.15, -0.1) is 0 Å². The van der Waals surface area contributed by atoms with Crippen LogP contribution in [0.2, 0.25) is 0 Å². The minimum atomic E-state index is -0.754. The highest BCUT2D eigenvalue weighted by Gasteiger charge is 2.21. The van der Waals surface area contributed by atoms with Crippen LogP contribution < -0.4 is 11.2 Å². The monoisotopic (exact) mass is 257 g/mol. The Morgan fingerprint density at radius 1 is 1.21 bits per heavy atom. The molecule has 1 heterocycles. The molecule has 19 heavy (non-hydrogen) atoms. The lowest BCUT2D eigenvalue weighted by atomic mass is 10.0. The number of hydrogen-bond acceptors (Lipinski definition) is 3. The normalized spacial score (nSPS) is 11.6. The van der Waals surface area contributed by atoms with Gasteiger partial charge in [-0.1, -0.05) is 12.1 Å². The predicted octanol–water partition coefficient (Wildman–Crippen LogP) is 2.04. The van der Waals surface area contributed by atoms with Gasteiger partial charge in [0.15, 0.2) is 0 Å². The van der Waals surface area contributed by atoms with Crippen molar-refractivity contribution in [1.29, 1.82) is 0 Å². The Labute approximate surface area is 112 Å². The number of nitrogens with zero attached hydrogens (tertiary/aromatic N) is 2. The van der Waals surface area contributed by atoms with Crippen LogP contribution in [0.15, 0.2) is 35.1 Å². The molecule has 100 valence electrons. The second-order valence-electron chi connectivity index (χ2n) is 5.47. The van der Waals surface area contributed by atoms with E-state index in [1.807, 2.05) is 38.1 Å². The molecule has 0 bridgehead atoms. The van der Waals surface area contributed by atoms with E-state index in [0.717, 1.165) is 16.9 Å². The molecule has 4 heteroatoms. The third-order valence-electron chi connectivity index (χ3n) is 2.96. The van der Waals surface area contributed by atoms with Crippen LogP contribution in [0.25, 0.3) is 5.69 Å². The molecule has 0 saturated heterocycles. The van der Waals surface area contributed by atoms with E-state index in [1.54, 1.807) is 24.6 Å². The Morgan fingerprint density at radius 3 is 2.47 bits per heavy atom. The lowest BCUT2D eigenvalue weighted by Crippen LogP contribution is -2.37. The van der Waals surface area contributed by atoms with Gasteiger partial charge in [-0.3, -0.25) is 4.79 Å². The van der Waals surface area contributed by atoms with Gasteiger partial charge in [0, 0.05) is 11.8 Å². The SMILES string of the molecule is Cc1cccc(-n2nc(C(C)(C)N)c(=O)cc2C)c1. The van der Waals surface area contributed by atoms with E-state index in [0.29, 0.717) is 5.69 Å². The van der Waals surface area contributed by atoms with Gasteiger partial charge in [0.05, 0.1) is 11.2 Å². The van der Waals surface area contributed by atoms with Gasteiger partial charge >= 0.3 is 0 Å². The van der Waals surface area contributed by atoms with Crippen molar-refractivity contribution in [2.75, 3.05) is 0 Å². The summed E-state index contributed by atoms with van der Waals surface area (Å²) in [6.45, 7) is 7.46. The fraction of sp³-hybridized carbons (Fsp3) is 0.333. The summed E-state index contributed by atoms with van der Waals surface area (Å²) in [7, 11) is 0. The third-order valence-corrected chi connectivity index (χ3v) is 2.96. The summed E-state index contributed by atoms with van der Waals surface area (Å²) >= 11 is 0. The fourth-order valence-electron chi connectivity index (χ4n) is 2.01. The van der Waals surface area contributed by atoms with E-state index in [1.165, 1.54) is 0 Å². The van der Waals surface area contributed by atoms with Crippen molar-refractivity contribution in [2.45, 2.75) is 33.2 Å². The van der Waals surface area contributed by atoms with Crippen LogP contribution in [0.1, 0.15) is 30.8 Å². The van der Waals surface area contributed by atoms with Crippen molar-refractivity contribution < 1.29 is 0 Å². The maximum atomic E-state index is 12.0. The highest BCUT2D eigenvalue weighted by molar-refractivity contribution is 5.36. The van der Waals surface area contributed by atoms with Gasteiger partial charge in [-0.25, -0.2) is 4.68 Å². The molecule has 0 saturated carbocycles. The van der Waals surface area contributed by atoms with E-state index in [4.69, 9.17) is 5.73 Å². The van der Waals surface area contributed by atoms with Crippen LogP contribution in [-0.2, 0) is 5.54 Å². The summed E-state index contributed by atoms with van der Waals surface area (Å²) in [6, 6.07) is 9.56. The molecule has 0 aliphatic heterocycles. The topological polar surface area (TPSA) is 60.9 Å². The van der Waals surface area contributed by atoms with Crippen molar-refractivity contribution in [3.8, 4) is 5.69 Å². The Bertz CT molecular complexity index is 666. The standard InChI is InChI=1S/C15H19N3O/c1-10-6-5-7-12(8-10)18-11(2)9-13(19)14(17-18)15(3,4)16/h5-9H,16H2,1-4H3. The van der Waals surface area contributed by atoms with Crippen molar-refractivity contribution in [3.05, 3.63) is 57.5 Å². The molecular formula is C15H19N3O. The lowest BCUT2D eigenvalue weighted by Gasteiger charge is -2.19. The summed E-state index contributed by atoms with van der Waals surface area (Å²) in [5.41, 5.74) is 8.39.